The number of aryl methyl sites for hydroxylation is 1. The van der Waals surface area contributed by atoms with Crippen molar-refractivity contribution >= 4 is 5.69 Å². The summed E-state index contributed by atoms with van der Waals surface area (Å²) in [6.45, 7) is 2.06. The van der Waals surface area contributed by atoms with Crippen molar-refractivity contribution in [2.75, 3.05) is 0 Å². The van der Waals surface area contributed by atoms with Gasteiger partial charge in [0.25, 0.3) is 0 Å². The van der Waals surface area contributed by atoms with Gasteiger partial charge in [0.2, 0.25) is 0 Å². The fourth-order valence-corrected chi connectivity index (χ4v) is 0.919. The summed E-state index contributed by atoms with van der Waals surface area (Å²) in [6.07, 6.45) is 0.943. The molecule has 0 aliphatic heterocycles. The summed E-state index contributed by atoms with van der Waals surface area (Å²) in [6, 6.07) is 7.71. The molecular weight excluding hydrogens is 124 g/mol. The van der Waals surface area contributed by atoms with E-state index in [1.165, 1.54) is 0 Å². The number of hydrogen-bond acceptors (Lipinski definition) is 2. The summed E-state index contributed by atoms with van der Waals surface area (Å²) < 4.78 is 0. The van der Waals surface area contributed by atoms with Crippen LogP contribution in [-0.2, 0) is 6.42 Å². The molecule has 0 unspecified atom stereocenters. The summed E-state index contributed by atoms with van der Waals surface area (Å²) >= 11 is 0. The molecule has 0 radical (unpaired) electrons. The average molecular weight is 134 g/mol. The molecular formula is C8H10N2. The zero-order valence-electron chi connectivity index (χ0n) is 5.96. The monoisotopic (exact) mass is 134 g/mol. The van der Waals surface area contributed by atoms with Gasteiger partial charge in [-0.05, 0) is 18.1 Å². The van der Waals surface area contributed by atoms with Crippen LogP contribution >= 0.6 is 0 Å². The van der Waals surface area contributed by atoms with Crippen LogP contribution in [0.3, 0.4) is 0 Å². The molecule has 0 heterocycles. The maximum absolute atomic E-state index is 6.81. The molecule has 1 aromatic rings. The van der Waals surface area contributed by atoms with E-state index in [9.17, 15) is 0 Å². The predicted octanol–water partition coefficient (Wildman–Crippen LogP) is 2.91. The first-order valence-electron chi connectivity index (χ1n) is 3.34. The lowest BCUT2D eigenvalue weighted by atomic mass is 10.1. The average Bonchev–Trinajstić information content (AvgIpc) is 2.04. The third kappa shape index (κ3) is 1.21. The summed E-state index contributed by atoms with van der Waals surface area (Å²) in [5.74, 6) is 0. The molecule has 0 saturated heterocycles. The highest BCUT2D eigenvalue weighted by Gasteiger charge is 1.94. The molecule has 0 bridgehead atoms. The summed E-state index contributed by atoms with van der Waals surface area (Å²) in [4.78, 5) is 0. The molecule has 1 rings (SSSR count). The normalized spacial score (nSPS) is 9.30. The first-order valence-corrected chi connectivity index (χ1v) is 3.34. The molecule has 0 aliphatic carbocycles. The lowest BCUT2D eigenvalue weighted by molar-refractivity contribution is 1.08. The van der Waals surface area contributed by atoms with Gasteiger partial charge >= 0.3 is 0 Å². The van der Waals surface area contributed by atoms with Crippen LogP contribution in [0.2, 0.25) is 0 Å². The standard InChI is InChI=1S/C8H10N2/c1-2-7-5-3-4-6-8(7)10-9/h3-6,9H,2H2,1H3. The zero-order chi connectivity index (χ0) is 7.40. The van der Waals surface area contributed by atoms with E-state index in [2.05, 4.69) is 12.0 Å². The summed E-state index contributed by atoms with van der Waals surface area (Å²) in [7, 11) is 0. The van der Waals surface area contributed by atoms with Crippen LogP contribution < -0.4 is 0 Å². The van der Waals surface area contributed by atoms with Gasteiger partial charge in [-0.15, -0.1) is 0 Å². The van der Waals surface area contributed by atoms with E-state index in [4.69, 9.17) is 5.53 Å². The number of nitrogens with zero attached hydrogens (tertiary/aromatic N) is 1. The smallest absolute Gasteiger partial charge is 0.0881 e. The third-order valence-electron chi connectivity index (χ3n) is 1.49. The van der Waals surface area contributed by atoms with E-state index in [-0.39, 0.29) is 0 Å². The van der Waals surface area contributed by atoms with Gasteiger partial charge in [-0.25, -0.2) is 5.53 Å². The van der Waals surface area contributed by atoms with Gasteiger partial charge in [0, 0.05) is 0 Å². The minimum atomic E-state index is 0.782. The lowest BCUT2D eigenvalue weighted by Crippen LogP contribution is -1.77. The molecule has 1 N–H and O–H groups in total. The highest BCUT2D eigenvalue weighted by Crippen LogP contribution is 2.17. The molecule has 0 aromatic heterocycles. The van der Waals surface area contributed by atoms with Crippen LogP contribution in [0.15, 0.2) is 29.4 Å². The Morgan fingerprint density at radius 1 is 1.40 bits per heavy atom. The van der Waals surface area contributed by atoms with Crippen LogP contribution in [0, 0.1) is 5.53 Å². The van der Waals surface area contributed by atoms with Gasteiger partial charge in [-0.1, -0.05) is 25.1 Å². The molecule has 0 atom stereocenters. The van der Waals surface area contributed by atoms with Crippen molar-refractivity contribution in [2.45, 2.75) is 13.3 Å². The van der Waals surface area contributed by atoms with Gasteiger partial charge in [0.15, 0.2) is 0 Å². The van der Waals surface area contributed by atoms with Gasteiger partial charge in [-0.2, -0.15) is 5.11 Å². The molecule has 0 saturated carbocycles. The van der Waals surface area contributed by atoms with Crippen LogP contribution in [0.1, 0.15) is 12.5 Å². The number of benzene rings is 1. The Morgan fingerprint density at radius 2 is 2.10 bits per heavy atom. The SMILES string of the molecule is CCc1ccccc1N=N. The molecule has 2 heteroatoms. The Hall–Kier alpha value is -1.18. The van der Waals surface area contributed by atoms with E-state index in [0.29, 0.717) is 0 Å². The minimum absolute atomic E-state index is 0.782. The Kier molecular flexibility index (Phi) is 2.15. The van der Waals surface area contributed by atoms with Crippen LogP contribution in [-0.4, -0.2) is 0 Å². The molecule has 0 fully saturated rings. The second-order valence-electron chi connectivity index (χ2n) is 2.09. The number of nitrogens with one attached hydrogen (secondary N) is 1. The summed E-state index contributed by atoms with van der Waals surface area (Å²) in [5, 5.41) is 3.39. The van der Waals surface area contributed by atoms with E-state index in [1.807, 2.05) is 24.3 Å². The molecule has 0 aliphatic rings. The molecule has 0 amide bonds. The van der Waals surface area contributed by atoms with Crippen LogP contribution in [0.5, 0.6) is 0 Å². The lowest BCUT2D eigenvalue weighted by Gasteiger charge is -1.97. The van der Waals surface area contributed by atoms with Crippen molar-refractivity contribution < 1.29 is 0 Å². The quantitative estimate of drug-likeness (QED) is 0.604. The van der Waals surface area contributed by atoms with E-state index in [0.717, 1.165) is 17.7 Å². The molecule has 1 aromatic carbocycles. The number of para-hydroxylation sites is 1. The van der Waals surface area contributed by atoms with E-state index < -0.39 is 0 Å². The van der Waals surface area contributed by atoms with Gasteiger partial charge < -0.3 is 0 Å². The Balaban J connectivity index is 3.08. The fourth-order valence-electron chi connectivity index (χ4n) is 0.919. The maximum Gasteiger partial charge on any atom is 0.0881 e. The Labute approximate surface area is 60.4 Å². The largest absolute Gasteiger partial charge is 0.204 e. The molecule has 2 nitrogen and oxygen atoms in total. The van der Waals surface area contributed by atoms with Gasteiger partial charge in [0.05, 0.1) is 5.69 Å². The fraction of sp³-hybridized carbons (Fsp3) is 0.250. The minimum Gasteiger partial charge on any atom is -0.204 e. The Bertz CT molecular complexity index is 230. The maximum atomic E-state index is 6.81. The van der Waals surface area contributed by atoms with Crippen molar-refractivity contribution in [2.24, 2.45) is 5.11 Å². The van der Waals surface area contributed by atoms with E-state index >= 15 is 0 Å². The number of rotatable bonds is 2. The van der Waals surface area contributed by atoms with Crippen LogP contribution in [0.4, 0.5) is 5.69 Å². The van der Waals surface area contributed by atoms with Gasteiger partial charge in [0.1, 0.15) is 0 Å². The number of hydrogen-bond donors (Lipinski definition) is 1. The predicted molar refractivity (Wildman–Crippen MR) is 40.6 cm³/mol. The van der Waals surface area contributed by atoms with E-state index in [1.54, 1.807) is 0 Å². The summed E-state index contributed by atoms with van der Waals surface area (Å²) in [5.41, 5.74) is 8.73. The molecule has 0 spiro atoms. The molecule has 10 heavy (non-hydrogen) atoms. The van der Waals surface area contributed by atoms with Crippen molar-refractivity contribution in [1.82, 2.24) is 0 Å². The van der Waals surface area contributed by atoms with Crippen molar-refractivity contribution in [3.8, 4) is 0 Å². The van der Waals surface area contributed by atoms with Gasteiger partial charge in [-0.3, -0.25) is 0 Å². The van der Waals surface area contributed by atoms with Crippen molar-refractivity contribution in [1.29, 1.82) is 5.53 Å². The first-order chi connectivity index (χ1) is 4.88. The second kappa shape index (κ2) is 3.11. The topological polar surface area (TPSA) is 36.2 Å². The van der Waals surface area contributed by atoms with Crippen molar-refractivity contribution in [3.63, 3.8) is 0 Å². The first kappa shape index (κ1) is 6.93. The Morgan fingerprint density at radius 3 is 2.60 bits per heavy atom. The second-order valence-corrected chi connectivity index (χ2v) is 2.09. The van der Waals surface area contributed by atoms with Crippen molar-refractivity contribution in [3.05, 3.63) is 29.8 Å². The van der Waals surface area contributed by atoms with Crippen LogP contribution in [0.25, 0.3) is 0 Å². The zero-order valence-corrected chi connectivity index (χ0v) is 5.96. The highest BCUT2D eigenvalue weighted by molar-refractivity contribution is 5.44. The third-order valence-corrected chi connectivity index (χ3v) is 1.49. The highest BCUT2D eigenvalue weighted by atomic mass is 15.0. The molecule has 52 valence electrons.